The first kappa shape index (κ1) is 20.8. The van der Waals surface area contributed by atoms with E-state index in [1.54, 1.807) is 26.0 Å². The van der Waals surface area contributed by atoms with Crippen LogP contribution in [0.4, 0.5) is 5.69 Å². The van der Waals surface area contributed by atoms with Gasteiger partial charge in [0.15, 0.2) is 5.11 Å². The van der Waals surface area contributed by atoms with Gasteiger partial charge in [0, 0.05) is 17.2 Å². The molecule has 10 heteroatoms. The van der Waals surface area contributed by atoms with Crippen molar-refractivity contribution in [3.63, 3.8) is 0 Å². The fourth-order valence-corrected chi connectivity index (χ4v) is 2.12. The Labute approximate surface area is 159 Å². The van der Waals surface area contributed by atoms with Crippen molar-refractivity contribution in [2.75, 3.05) is 5.32 Å². The van der Waals surface area contributed by atoms with Crippen molar-refractivity contribution in [2.45, 2.75) is 23.8 Å². The van der Waals surface area contributed by atoms with Crippen LogP contribution in [0.25, 0.3) is 0 Å². The molecule has 0 heterocycles. The van der Waals surface area contributed by atoms with Crippen LogP contribution in [0.3, 0.4) is 0 Å². The number of amides is 1. The smallest absolute Gasteiger partial charge is 0.228 e. The third kappa shape index (κ3) is 6.32. The van der Waals surface area contributed by atoms with Gasteiger partial charge in [-0.1, -0.05) is 66.8 Å². The molecule has 0 fully saturated rings. The summed E-state index contributed by atoms with van der Waals surface area (Å²) in [6.07, 6.45) is -1.12. The molecule has 0 aliphatic rings. The van der Waals surface area contributed by atoms with Crippen LogP contribution >= 0.6 is 47.0 Å². The molecule has 0 unspecified atom stereocenters. The van der Waals surface area contributed by atoms with Crippen molar-refractivity contribution in [2.24, 2.45) is 5.92 Å². The molecule has 1 aromatic rings. The number of carbonyl (C=O) groups is 2. The van der Waals surface area contributed by atoms with Crippen molar-refractivity contribution in [1.29, 1.82) is 0 Å². The summed E-state index contributed by atoms with van der Waals surface area (Å²) >= 11 is 22.6. The summed E-state index contributed by atoms with van der Waals surface area (Å²) in [5.41, 5.74) is 0.117. The Morgan fingerprint density at radius 3 is 2.25 bits per heavy atom. The number of carboxylic acid groups (broad SMARTS) is 1. The minimum atomic E-state index is -1.88. The maximum atomic E-state index is 11.8. The van der Waals surface area contributed by atoms with Crippen molar-refractivity contribution in [3.8, 4) is 0 Å². The average molecular weight is 412 g/mol. The van der Waals surface area contributed by atoms with E-state index in [0.717, 1.165) is 0 Å². The third-order valence-corrected chi connectivity index (χ3v) is 3.68. The number of nitrogens with one attached hydrogen (secondary N) is 3. The Hall–Kier alpha value is -1.28. The first-order chi connectivity index (χ1) is 11.0. The molecule has 1 atom stereocenters. The molecular formula is C14H15Cl3N3O3S-. The average Bonchev–Trinajstić information content (AvgIpc) is 2.45. The monoisotopic (exact) mass is 410 g/mol. The summed E-state index contributed by atoms with van der Waals surface area (Å²) in [4.78, 5) is 22.9. The van der Waals surface area contributed by atoms with Crippen LogP contribution in [0.1, 0.15) is 24.2 Å². The number of carboxylic acids is 1. The largest absolute Gasteiger partial charge is 0.545 e. The molecule has 1 amide bonds. The predicted molar refractivity (Wildman–Crippen MR) is 97.2 cm³/mol. The quantitative estimate of drug-likeness (QED) is 0.389. The zero-order valence-electron chi connectivity index (χ0n) is 12.7. The SMILES string of the molecule is CC(C)C(=O)N[C@@H](NC(=S)Nc1ccccc1C(=O)[O-])C(Cl)(Cl)Cl. The molecule has 0 saturated carbocycles. The second-order valence-electron chi connectivity index (χ2n) is 5.07. The summed E-state index contributed by atoms with van der Waals surface area (Å²) in [6.45, 7) is 3.36. The van der Waals surface area contributed by atoms with Gasteiger partial charge in [0.1, 0.15) is 6.17 Å². The number of aromatic carboxylic acids is 1. The maximum absolute atomic E-state index is 11.8. The number of para-hydroxylation sites is 1. The molecule has 6 nitrogen and oxygen atoms in total. The highest BCUT2D eigenvalue weighted by Gasteiger charge is 2.35. The molecule has 0 aliphatic carbocycles. The number of hydrogen-bond donors (Lipinski definition) is 3. The highest BCUT2D eigenvalue weighted by Crippen LogP contribution is 2.29. The fourth-order valence-electron chi connectivity index (χ4n) is 1.57. The molecule has 0 radical (unpaired) electrons. The number of carbonyl (C=O) groups excluding carboxylic acids is 2. The summed E-state index contributed by atoms with van der Waals surface area (Å²) in [5, 5.41) is 18.8. The second-order valence-corrected chi connectivity index (χ2v) is 7.85. The first-order valence-electron chi connectivity index (χ1n) is 6.77. The number of benzene rings is 1. The van der Waals surface area contributed by atoms with Gasteiger partial charge in [-0.2, -0.15) is 0 Å². The van der Waals surface area contributed by atoms with Crippen LogP contribution < -0.4 is 21.1 Å². The third-order valence-electron chi connectivity index (χ3n) is 2.81. The first-order valence-corrected chi connectivity index (χ1v) is 8.31. The normalized spacial score (nSPS) is 12.4. The van der Waals surface area contributed by atoms with Crippen LogP contribution in [0.15, 0.2) is 24.3 Å². The number of alkyl halides is 3. The van der Waals surface area contributed by atoms with Crippen molar-refractivity contribution in [1.82, 2.24) is 10.6 Å². The number of thiocarbonyl (C=S) groups is 1. The molecule has 1 rings (SSSR count). The van der Waals surface area contributed by atoms with Gasteiger partial charge in [-0.3, -0.25) is 4.79 Å². The standard InChI is InChI=1S/C14H16Cl3N3O3S/c1-7(2)10(21)19-12(14(15,16)17)20-13(24)18-9-6-4-3-5-8(9)11(22)23/h3-7,12H,1-2H3,(H,19,21)(H,22,23)(H2,18,20,24)/p-1/t12-/m0/s1. The van der Waals surface area contributed by atoms with E-state index in [0.29, 0.717) is 0 Å². The van der Waals surface area contributed by atoms with Crippen LogP contribution in [0, 0.1) is 5.92 Å². The van der Waals surface area contributed by atoms with E-state index < -0.39 is 15.9 Å². The Balaban J connectivity index is 2.86. The maximum Gasteiger partial charge on any atom is 0.228 e. The van der Waals surface area contributed by atoms with E-state index in [-0.39, 0.29) is 28.2 Å². The van der Waals surface area contributed by atoms with Gasteiger partial charge in [0.05, 0.1) is 5.97 Å². The van der Waals surface area contributed by atoms with Gasteiger partial charge < -0.3 is 25.9 Å². The summed E-state index contributed by atoms with van der Waals surface area (Å²) in [6, 6.07) is 6.01. The number of halogens is 3. The Morgan fingerprint density at radius 1 is 1.17 bits per heavy atom. The van der Waals surface area contributed by atoms with Gasteiger partial charge in [0.2, 0.25) is 9.70 Å². The summed E-state index contributed by atoms with van der Waals surface area (Å²) in [5.74, 6) is -2.05. The molecule has 24 heavy (non-hydrogen) atoms. The van der Waals surface area contributed by atoms with Crippen LogP contribution in [0.5, 0.6) is 0 Å². The van der Waals surface area contributed by atoms with E-state index in [1.165, 1.54) is 12.1 Å². The predicted octanol–water partition coefficient (Wildman–Crippen LogP) is 1.80. The molecule has 0 spiro atoms. The zero-order chi connectivity index (χ0) is 18.5. The molecule has 0 saturated heterocycles. The number of anilines is 1. The van der Waals surface area contributed by atoms with E-state index in [2.05, 4.69) is 16.0 Å². The molecule has 0 aliphatic heterocycles. The lowest BCUT2D eigenvalue weighted by Crippen LogP contribution is -2.56. The Kier molecular flexibility index (Phi) is 7.54. The van der Waals surface area contributed by atoms with Crippen LogP contribution in [-0.4, -0.2) is 26.9 Å². The molecule has 0 bridgehead atoms. The van der Waals surface area contributed by atoms with E-state index in [9.17, 15) is 14.7 Å². The second kappa shape index (κ2) is 8.71. The lowest BCUT2D eigenvalue weighted by molar-refractivity contribution is -0.254. The molecule has 132 valence electrons. The minimum absolute atomic E-state index is 0.0379. The topological polar surface area (TPSA) is 93.3 Å². The molecule has 1 aromatic carbocycles. The highest BCUT2D eigenvalue weighted by molar-refractivity contribution is 7.80. The summed E-state index contributed by atoms with van der Waals surface area (Å²) in [7, 11) is 0. The van der Waals surface area contributed by atoms with Gasteiger partial charge in [-0.05, 0) is 18.3 Å². The Morgan fingerprint density at radius 2 is 1.75 bits per heavy atom. The van der Waals surface area contributed by atoms with Gasteiger partial charge in [0.25, 0.3) is 0 Å². The summed E-state index contributed by atoms with van der Waals surface area (Å²) < 4.78 is -1.88. The minimum Gasteiger partial charge on any atom is -0.545 e. The van der Waals surface area contributed by atoms with Crippen LogP contribution in [-0.2, 0) is 4.79 Å². The van der Waals surface area contributed by atoms with Crippen molar-refractivity contribution in [3.05, 3.63) is 29.8 Å². The van der Waals surface area contributed by atoms with Gasteiger partial charge >= 0.3 is 0 Å². The van der Waals surface area contributed by atoms with Crippen molar-refractivity contribution < 1.29 is 14.7 Å². The number of hydrogen-bond acceptors (Lipinski definition) is 4. The lowest BCUT2D eigenvalue weighted by Gasteiger charge is -2.28. The molecule has 3 N–H and O–H groups in total. The van der Waals surface area contributed by atoms with E-state index >= 15 is 0 Å². The van der Waals surface area contributed by atoms with Gasteiger partial charge in [-0.15, -0.1) is 0 Å². The lowest BCUT2D eigenvalue weighted by atomic mass is 10.2. The fraction of sp³-hybridized carbons (Fsp3) is 0.357. The van der Waals surface area contributed by atoms with E-state index in [4.69, 9.17) is 47.0 Å². The zero-order valence-corrected chi connectivity index (χ0v) is 15.8. The molecule has 0 aromatic heterocycles. The molecular weight excluding hydrogens is 397 g/mol. The Bertz CT molecular complexity index is 635. The van der Waals surface area contributed by atoms with Crippen LogP contribution in [0.2, 0.25) is 0 Å². The van der Waals surface area contributed by atoms with Crippen molar-refractivity contribution >= 4 is 69.7 Å². The van der Waals surface area contributed by atoms with Gasteiger partial charge in [-0.25, -0.2) is 0 Å². The number of rotatable bonds is 5. The van der Waals surface area contributed by atoms with E-state index in [1.807, 2.05) is 0 Å². The highest BCUT2D eigenvalue weighted by atomic mass is 35.6.